The molecule has 0 bridgehead atoms. The van der Waals surface area contributed by atoms with Gasteiger partial charge in [0.2, 0.25) is 5.91 Å². The molecule has 3 rings (SSSR count). The van der Waals surface area contributed by atoms with Gasteiger partial charge in [-0.1, -0.05) is 79.9 Å². The summed E-state index contributed by atoms with van der Waals surface area (Å²) in [4.78, 5) is 17.0. The second-order valence-corrected chi connectivity index (χ2v) is 8.58. The molecule has 0 radical (unpaired) electrons. The lowest BCUT2D eigenvalue weighted by atomic mass is 10.0. The predicted molar refractivity (Wildman–Crippen MR) is 125 cm³/mol. The fourth-order valence-electron chi connectivity index (χ4n) is 3.47. The predicted octanol–water partition coefficient (Wildman–Crippen LogP) is 5.22. The highest BCUT2D eigenvalue weighted by Gasteiger charge is 2.28. The summed E-state index contributed by atoms with van der Waals surface area (Å²) in [5.41, 5.74) is 1.92. The highest BCUT2D eigenvalue weighted by molar-refractivity contribution is 6.42. The van der Waals surface area contributed by atoms with Gasteiger partial charge in [0.1, 0.15) is 0 Å². The standard InChI is InChI=1S/C21H24Cl2N2O2.C3H8/c1-24(21(27)12-15-7-8-18(22)19(23)11-15)20(16-5-3-2-4-6-16)14-25-10-9-17(26)13-25;1-3-2/h2-8,11,17,20,26H,9-10,12-14H2,1H3;3H2,1-2H3/t17-,20+;/m0./s1. The molecule has 2 aromatic carbocycles. The Morgan fingerprint density at radius 3 is 2.40 bits per heavy atom. The Balaban J connectivity index is 0.00000101. The second-order valence-electron chi connectivity index (χ2n) is 7.77. The van der Waals surface area contributed by atoms with Crippen LogP contribution in [0.4, 0.5) is 0 Å². The van der Waals surface area contributed by atoms with Crippen LogP contribution in [0.1, 0.15) is 43.9 Å². The molecular formula is C24H32Cl2N2O2. The third-order valence-electron chi connectivity index (χ3n) is 5.06. The van der Waals surface area contributed by atoms with E-state index in [0.29, 0.717) is 23.1 Å². The van der Waals surface area contributed by atoms with E-state index in [9.17, 15) is 9.90 Å². The Morgan fingerprint density at radius 2 is 1.83 bits per heavy atom. The van der Waals surface area contributed by atoms with Gasteiger partial charge in [0.05, 0.1) is 28.6 Å². The fraction of sp³-hybridized carbons (Fsp3) is 0.458. The summed E-state index contributed by atoms with van der Waals surface area (Å²) in [5, 5.41) is 10.8. The lowest BCUT2D eigenvalue weighted by Crippen LogP contribution is -2.39. The van der Waals surface area contributed by atoms with Gasteiger partial charge >= 0.3 is 0 Å². The smallest absolute Gasteiger partial charge is 0.227 e. The SMILES string of the molecule is CCC.CN(C(=O)Cc1ccc(Cl)c(Cl)c1)[C@H](CN1CC[C@H](O)C1)c1ccccc1. The molecule has 1 aliphatic heterocycles. The monoisotopic (exact) mass is 450 g/mol. The number of likely N-dealkylation sites (tertiary alicyclic amines) is 1. The first kappa shape index (κ1) is 24.7. The van der Waals surface area contributed by atoms with Gasteiger partial charge in [-0.2, -0.15) is 0 Å². The van der Waals surface area contributed by atoms with Crippen molar-refractivity contribution in [3.05, 3.63) is 69.7 Å². The molecule has 1 N–H and O–H groups in total. The molecule has 1 saturated heterocycles. The highest BCUT2D eigenvalue weighted by atomic mass is 35.5. The van der Waals surface area contributed by atoms with Crippen LogP contribution in [0.25, 0.3) is 0 Å². The van der Waals surface area contributed by atoms with Crippen LogP contribution in [-0.2, 0) is 11.2 Å². The van der Waals surface area contributed by atoms with Crippen molar-refractivity contribution in [2.75, 3.05) is 26.7 Å². The Morgan fingerprint density at radius 1 is 1.17 bits per heavy atom. The largest absolute Gasteiger partial charge is 0.392 e. The molecule has 0 unspecified atom stereocenters. The third-order valence-corrected chi connectivity index (χ3v) is 5.80. The molecule has 0 spiro atoms. The van der Waals surface area contributed by atoms with E-state index in [1.165, 1.54) is 6.42 Å². The zero-order valence-corrected chi connectivity index (χ0v) is 19.5. The maximum atomic E-state index is 12.9. The molecule has 1 aliphatic rings. The van der Waals surface area contributed by atoms with Crippen LogP contribution in [0.15, 0.2) is 48.5 Å². The van der Waals surface area contributed by atoms with Crippen molar-refractivity contribution in [2.24, 2.45) is 0 Å². The van der Waals surface area contributed by atoms with Crippen LogP contribution in [-0.4, -0.2) is 53.6 Å². The van der Waals surface area contributed by atoms with Crippen molar-refractivity contribution >= 4 is 29.1 Å². The number of nitrogens with zero attached hydrogens (tertiary/aromatic N) is 2. The topological polar surface area (TPSA) is 43.8 Å². The minimum Gasteiger partial charge on any atom is -0.392 e. The van der Waals surface area contributed by atoms with E-state index in [0.717, 1.165) is 24.1 Å². The maximum Gasteiger partial charge on any atom is 0.227 e. The highest BCUT2D eigenvalue weighted by Crippen LogP contribution is 2.26. The van der Waals surface area contributed by atoms with Gasteiger partial charge in [-0.05, 0) is 29.7 Å². The number of halogens is 2. The van der Waals surface area contributed by atoms with Gasteiger partial charge < -0.3 is 10.0 Å². The summed E-state index contributed by atoms with van der Waals surface area (Å²) >= 11 is 12.0. The summed E-state index contributed by atoms with van der Waals surface area (Å²) in [6.45, 7) is 6.45. The quantitative estimate of drug-likeness (QED) is 0.655. The number of amides is 1. The lowest BCUT2D eigenvalue weighted by Gasteiger charge is -2.32. The summed E-state index contributed by atoms with van der Waals surface area (Å²) in [6, 6.07) is 15.2. The normalized spacial score (nSPS) is 17.2. The number of aliphatic hydroxyl groups excluding tert-OH is 1. The van der Waals surface area contributed by atoms with Gasteiger partial charge in [0, 0.05) is 26.7 Å². The number of carbonyl (C=O) groups is 1. The summed E-state index contributed by atoms with van der Waals surface area (Å²) in [5.74, 6) is 0.0157. The van der Waals surface area contributed by atoms with Gasteiger partial charge in [0.25, 0.3) is 0 Å². The van der Waals surface area contributed by atoms with Crippen LogP contribution in [0.3, 0.4) is 0 Å². The van der Waals surface area contributed by atoms with Crippen molar-refractivity contribution < 1.29 is 9.90 Å². The van der Waals surface area contributed by atoms with Crippen molar-refractivity contribution in [3.8, 4) is 0 Å². The summed E-state index contributed by atoms with van der Waals surface area (Å²) < 4.78 is 0. The zero-order valence-electron chi connectivity index (χ0n) is 18.0. The maximum absolute atomic E-state index is 12.9. The third kappa shape index (κ3) is 7.28. The van der Waals surface area contributed by atoms with Crippen molar-refractivity contribution in [1.29, 1.82) is 0 Å². The minimum absolute atomic E-state index is 0.0157. The number of β-amino-alcohol motifs (C(OH)–C–C–N with tert-alkyl or cyclic N) is 1. The molecule has 164 valence electrons. The van der Waals surface area contributed by atoms with E-state index in [1.807, 2.05) is 43.4 Å². The Bertz CT molecular complexity index is 801. The van der Waals surface area contributed by atoms with Crippen molar-refractivity contribution in [3.63, 3.8) is 0 Å². The molecule has 1 fully saturated rings. The molecule has 0 aliphatic carbocycles. The van der Waals surface area contributed by atoms with Crippen LogP contribution < -0.4 is 0 Å². The first-order chi connectivity index (χ1) is 14.3. The minimum atomic E-state index is -0.279. The van der Waals surface area contributed by atoms with E-state index in [2.05, 4.69) is 18.7 Å². The Kier molecular flexibility index (Phi) is 10.1. The first-order valence-corrected chi connectivity index (χ1v) is 11.3. The van der Waals surface area contributed by atoms with E-state index < -0.39 is 0 Å². The number of aliphatic hydroxyl groups is 1. The van der Waals surface area contributed by atoms with E-state index >= 15 is 0 Å². The van der Waals surface area contributed by atoms with Crippen LogP contribution in [0.5, 0.6) is 0 Å². The fourth-order valence-corrected chi connectivity index (χ4v) is 3.79. The summed E-state index contributed by atoms with van der Waals surface area (Å²) in [7, 11) is 1.84. The molecular weight excluding hydrogens is 419 g/mol. The second kappa shape index (κ2) is 12.3. The number of hydrogen-bond donors (Lipinski definition) is 1. The van der Waals surface area contributed by atoms with Crippen molar-refractivity contribution in [2.45, 2.75) is 45.3 Å². The van der Waals surface area contributed by atoms with Crippen molar-refractivity contribution in [1.82, 2.24) is 9.80 Å². The molecule has 2 aromatic rings. The summed E-state index contributed by atoms with van der Waals surface area (Å²) in [6.07, 6.45) is 2.01. The van der Waals surface area contributed by atoms with E-state index in [4.69, 9.17) is 23.2 Å². The molecule has 0 saturated carbocycles. The van der Waals surface area contributed by atoms with E-state index in [-0.39, 0.29) is 24.5 Å². The molecule has 0 aromatic heterocycles. The zero-order chi connectivity index (χ0) is 22.1. The molecule has 1 heterocycles. The Hall–Kier alpha value is -1.59. The lowest BCUT2D eigenvalue weighted by molar-refractivity contribution is -0.131. The number of benzene rings is 2. The molecule has 6 heteroatoms. The van der Waals surface area contributed by atoms with Crippen LogP contribution in [0, 0.1) is 0 Å². The molecule has 4 nitrogen and oxygen atoms in total. The number of rotatable bonds is 6. The number of carbonyl (C=O) groups excluding carboxylic acids is 1. The van der Waals surface area contributed by atoms with Gasteiger partial charge in [0.15, 0.2) is 0 Å². The Labute approximate surface area is 190 Å². The average Bonchev–Trinajstić information content (AvgIpc) is 3.14. The number of likely N-dealkylation sites (N-methyl/N-ethyl adjacent to an activating group) is 1. The van der Waals surface area contributed by atoms with Gasteiger partial charge in [-0.3, -0.25) is 9.69 Å². The van der Waals surface area contributed by atoms with Gasteiger partial charge in [-0.25, -0.2) is 0 Å². The average molecular weight is 451 g/mol. The van der Waals surface area contributed by atoms with Gasteiger partial charge in [-0.15, -0.1) is 0 Å². The molecule has 1 amide bonds. The van der Waals surface area contributed by atoms with Crippen LogP contribution >= 0.6 is 23.2 Å². The van der Waals surface area contributed by atoms with Crippen LogP contribution in [0.2, 0.25) is 10.0 Å². The number of hydrogen-bond acceptors (Lipinski definition) is 3. The van der Waals surface area contributed by atoms with E-state index in [1.54, 1.807) is 17.0 Å². The first-order valence-electron chi connectivity index (χ1n) is 10.5. The molecule has 2 atom stereocenters. The molecule has 30 heavy (non-hydrogen) atoms.